The molecule has 0 aliphatic carbocycles. The normalized spacial score (nSPS) is 12.0. The second kappa shape index (κ2) is 7.21. The summed E-state index contributed by atoms with van der Waals surface area (Å²) in [7, 11) is 1.79. The van der Waals surface area contributed by atoms with Crippen molar-refractivity contribution in [1.29, 1.82) is 0 Å². The minimum absolute atomic E-state index is 0.115. The van der Waals surface area contributed by atoms with Crippen molar-refractivity contribution in [3.05, 3.63) is 81.9 Å². The Morgan fingerprint density at radius 3 is 2.72 bits per heavy atom. The summed E-state index contributed by atoms with van der Waals surface area (Å²) in [5.41, 5.74) is 0.806. The molecule has 0 saturated carbocycles. The quantitative estimate of drug-likeness (QED) is 0.702. The van der Waals surface area contributed by atoms with E-state index in [1.807, 2.05) is 0 Å². The fourth-order valence-corrected chi connectivity index (χ4v) is 2.67. The molecule has 1 atom stereocenters. The molecule has 1 aromatic carbocycles. The Morgan fingerprint density at radius 2 is 2.08 bits per heavy atom. The summed E-state index contributed by atoms with van der Waals surface area (Å²) < 4.78 is 15.4. The van der Waals surface area contributed by atoms with Gasteiger partial charge in [-0.1, -0.05) is 35.3 Å². The van der Waals surface area contributed by atoms with Crippen LogP contribution in [0.25, 0.3) is 0 Å². The number of carbonyl (C=O) groups is 1. The molecule has 1 unspecified atom stereocenters. The third-order valence-electron chi connectivity index (χ3n) is 3.63. The van der Waals surface area contributed by atoms with Crippen molar-refractivity contribution >= 4 is 29.1 Å². The Morgan fingerprint density at radius 1 is 1.28 bits per heavy atom. The smallest absolute Gasteiger partial charge is 0.253 e. The van der Waals surface area contributed by atoms with Crippen LogP contribution in [0.15, 0.2) is 48.9 Å². The van der Waals surface area contributed by atoms with Crippen molar-refractivity contribution in [2.75, 3.05) is 0 Å². The third-order valence-corrected chi connectivity index (χ3v) is 4.32. The highest BCUT2D eigenvalue weighted by atomic mass is 35.5. The number of nitrogens with zero attached hydrogens (tertiary/aromatic N) is 3. The Hall–Kier alpha value is -2.44. The van der Waals surface area contributed by atoms with E-state index in [1.54, 1.807) is 36.1 Å². The highest BCUT2D eigenvalue weighted by molar-refractivity contribution is 6.41. The molecule has 1 N–H and O–H groups in total. The third kappa shape index (κ3) is 3.81. The lowest BCUT2D eigenvalue weighted by atomic mass is 10.1. The number of benzene rings is 1. The first-order valence-electron chi connectivity index (χ1n) is 7.30. The molecule has 5 nitrogen and oxygen atoms in total. The maximum absolute atomic E-state index is 13.6. The lowest BCUT2D eigenvalue weighted by molar-refractivity contribution is 0.0940. The molecule has 8 heteroatoms. The largest absolute Gasteiger partial charge is 0.338 e. The summed E-state index contributed by atoms with van der Waals surface area (Å²) in [5.74, 6) is -0.266. The van der Waals surface area contributed by atoms with Gasteiger partial charge in [-0.2, -0.15) is 0 Å². The Labute approximate surface area is 153 Å². The molecule has 0 bridgehead atoms. The fraction of sp³-hybridized carbons (Fsp3) is 0.118. The van der Waals surface area contributed by atoms with Gasteiger partial charge in [0.2, 0.25) is 0 Å². The van der Waals surface area contributed by atoms with Crippen molar-refractivity contribution < 1.29 is 9.18 Å². The van der Waals surface area contributed by atoms with Gasteiger partial charge in [0, 0.05) is 25.6 Å². The van der Waals surface area contributed by atoms with E-state index in [-0.39, 0.29) is 15.7 Å². The van der Waals surface area contributed by atoms with E-state index in [0.717, 1.165) is 0 Å². The molecule has 3 aromatic rings. The van der Waals surface area contributed by atoms with Gasteiger partial charge in [0.05, 0.1) is 10.6 Å². The molecule has 2 heterocycles. The highest BCUT2D eigenvalue weighted by Crippen LogP contribution is 2.23. The number of aromatic nitrogens is 3. The number of imidazole rings is 1. The number of nitrogens with one attached hydrogen (secondary N) is 1. The minimum Gasteiger partial charge on any atom is -0.338 e. The van der Waals surface area contributed by atoms with Crippen LogP contribution in [0.2, 0.25) is 10.2 Å². The Bertz CT molecular complexity index is 929. The summed E-state index contributed by atoms with van der Waals surface area (Å²) in [4.78, 5) is 20.7. The predicted octanol–water partition coefficient (Wildman–Crippen LogP) is 3.78. The predicted molar refractivity (Wildman–Crippen MR) is 93.2 cm³/mol. The topological polar surface area (TPSA) is 59.8 Å². The highest BCUT2D eigenvalue weighted by Gasteiger charge is 2.22. The van der Waals surface area contributed by atoms with Crippen LogP contribution in [0.4, 0.5) is 4.39 Å². The summed E-state index contributed by atoms with van der Waals surface area (Å²) in [6.45, 7) is 0. The van der Waals surface area contributed by atoms with E-state index in [4.69, 9.17) is 23.2 Å². The van der Waals surface area contributed by atoms with Gasteiger partial charge in [0.1, 0.15) is 22.8 Å². The Balaban J connectivity index is 1.96. The van der Waals surface area contributed by atoms with Gasteiger partial charge in [-0.3, -0.25) is 4.79 Å². The first kappa shape index (κ1) is 17.4. The molecule has 1 amide bonds. The van der Waals surface area contributed by atoms with Crippen LogP contribution in [0.1, 0.15) is 27.8 Å². The first-order valence-corrected chi connectivity index (χ1v) is 8.06. The second-order valence-electron chi connectivity index (χ2n) is 5.35. The Kier molecular flexibility index (Phi) is 5.01. The fourth-order valence-electron chi connectivity index (χ4n) is 2.40. The molecular formula is C17H13Cl2FN4O. The summed E-state index contributed by atoms with van der Waals surface area (Å²) >= 11 is 11.7. The van der Waals surface area contributed by atoms with Crippen LogP contribution in [-0.4, -0.2) is 20.4 Å². The van der Waals surface area contributed by atoms with Gasteiger partial charge in [-0.25, -0.2) is 14.4 Å². The molecule has 0 spiro atoms. The van der Waals surface area contributed by atoms with Crippen LogP contribution in [0.3, 0.4) is 0 Å². The molecular weight excluding hydrogens is 366 g/mol. The van der Waals surface area contributed by atoms with Crippen molar-refractivity contribution in [2.45, 2.75) is 6.04 Å². The summed E-state index contributed by atoms with van der Waals surface area (Å²) in [6.07, 6.45) is 4.67. The second-order valence-corrected chi connectivity index (χ2v) is 6.12. The molecule has 2 aromatic heterocycles. The van der Waals surface area contributed by atoms with Crippen molar-refractivity contribution in [2.24, 2.45) is 7.05 Å². The van der Waals surface area contributed by atoms with E-state index in [9.17, 15) is 9.18 Å². The van der Waals surface area contributed by atoms with Crippen LogP contribution in [0.5, 0.6) is 0 Å². The van der Waals surface area contributed by atoms with Gasteiger partial charge in [-0.15, -0.1) is 0 Å². The van der Waals surface area contributed by atoms with E-state index >= 15 is 0 Å². The van der Waals surface area contributed by atoms with Crippen molar-refractivity contribution in [3.63, 3.8) is 0 Å². The molecule has 0 radical (unpaired) electrons. The number of carbonyl (C=O) groups excluding carboxylic acids is 1. The molecule has 25 heavy (non-hydrogen) atoms. The minimum atomic E-state index is -0.641. The maximum Gasteiger partial charge on any atom is 0.253 e. The zero-order chi connectivity index (χ0) is 18.0. The number of halogens is 3. The number of hydrogen-bond donors (Lipinski definition) is 1. The number of aryl methyl sites for hydroxylation is 1. The van der Waals surface area contributed by atoms with Crippen LogP contribution >= 0.6 is 23.2 Å². The van der Waals surface area contributed by atoms with Gasteiger partial charge < -0.3 is 9.88 Å². The van der Waals surface area contributed by atoms with Crippen molar-refractivity contribution in [1.82, 2.24) is 19.9 Å². The van der Waals surface area contributed by atoms with Crippen molar-refractivity contribution in [3.8, 4) is 0 Å². The van der Waals surface area contributed by atoms with Crippen LogP contribution in [0, 0.1) is 5.82 Å². The average molecular weight is 379 g/mol. The number of pyridine rings is 1. The zero-order valence-electron chi connectivity index (χ0n) is 13.1. The summed E-state index contributed by atoms with van der Waals surface area (Å²) in [6, 6.07) is 6.77. The van der Waals surface area contributed by atoms with Crippen LogP contribution < -0.4 is 5.32 Å². The number of hydrogen-bond acceptors (Lipinski definition) is 3. The van der Waals surface area contributed by atoms with E-state index in [2.05, 4.69) is 15.3 Å². The molecule has 0 fully saturated rings. The zero-order valence-corrected chi connectivity index (χ0v) is 14.6. The van der Waals surface area contributed by atoms with Gasteiger partial charge in [-0.05, 0) is 23.8 Å². The monoisotopic (exact) mass is 378 g/mol. The van der Waals surface area contributed by atoms with Gasteiger partial charge >= 0.3 is 0 Å². The molecule has 0 aliphatic heterocycles. The lowest BCUT2D eigenvalue weighted by Gasteiger charge is -2.19. The molecule has 0 saturated heterocycles. The summed E-state index contributed by atoms with van der Waals surface area (Å²) in [5, 5.41) is 3.13. The standard InChI is InChI=1S/C17H13Cl2FN4O/c1-24-6-5-21-16(24)14(10-3-2-4-12(20)7-10)23-17(25)11-8-13(18)15(19)22-9-11/h2-9,14H,1H3,(H,23,25). The molecule has 3 rings (SSSR count). The van der Waals surface area contributed by atoms with E-state index < -0.39 is 17.8 Å². The first-order chi connectivity index (χ1) is 12.0. The SMILES string of the molecule is Cn1ccnc1C(NC(=O)c1cnc(Cl)c(Cl)c1)c1cccc(F)c1. The van der Waals surface area contributed by atoms with Gasteiger partial charge in [0.25, 0.3) is 5.91 Å². The maximum atomic E-state index is 13.6. The van der Waals surface area contributed by atoms with E-state index in [1.165, 1.54) is 24.4 Å². The molecule has 0 aliphatic rings. The van der Waals surface area contributed by atoms with E-state index in [0.29, 0.717) is 11.4 Å². The van der Waals surface area contributed by atoms with Crippen LogP contribution in [-0.2, 0) is 7.05 Å². The average Bonchev–Trinajstić information content (AvgIpc) is 3.00. The number of amides is 1. The van der Waals surface area contributed by atoms with Gasteiger partial charge in [0.15, 0.2) is 0 Å². The lowest BCUT2D eigenvalue weighted by Crippen LogP contribution is -2.31. The number of rotatable bonds is 4. The molecule has 128 valence electrons.